The van der Waals surface area contributed by atoms with Crippen molar-refractivity contribution < 1.29 is 19.0 Å². The van der Waals surface area contributed by atoms with E-state index in [1.807, 2.05) is 12.1 Å². The predicted molar refractivity (Wildman–Crippen MR) is 113 cm³/mol. The van der Waals surface area contributed by atoms with Crippen LogP contribution in [-0.2, 0) is 14.3 Å². The summed E-state index contributed by atoms with van der Waals surface area (Å²) in [5, 5.41) is 0. The first-order chi connectivity index (χ1) is 13.1. The number of hydrogen-bond donors (Lipinski definition) is 0. The number of carbonyl (C=O) groups excluding carboxylic acids is 1. The van der Waals surface area contributed by atoms with Crippen molar-refractivity contribution in [1.29, 1.82) is 0 Å². The lowest BCUT2D eigenvalue weighted by molar-refractivity contribution is -0.188. The van der Waals surface area contributed by atoms with Crippen molar-refractivity contribution in [3.05, 3.63) is 29.8 Å². The third-order valence-electron chi connectivity index (χ3n) is 5.80. The molecule has 2 rings (SSSR count). The second-order valence-corrected chi connectivity index (χ2v) is 9.78. The first-order valence-electron chi connectivity index (χ1n) is 10.6. The Bertz CT molecular complexity index is 606. The average molecular weight is 391 g/mol. The van der Waals surface area contributed by atoms with Crippen LogP contribution in [-0.4, -0.2) is 25.5 Å². The van der Waals surface area contributed by atoms with E-state index in [-0.39, 0.29) is 18.0 Å². The van der Waals surface area contributed by atoms with Gasteiger partial charge < -0.3 is 14.2 Å². The summed E-state index contributed by atoms with van der Waals surface area (Å²) in [5.74, 6) is 0.769. The molecule has 4 heteroatoms. The topological polar surface area (TPSA) is 44.8 Å². The minimum atomic E-state index is -0.415. The maximum Gasteiger partial charge on any atom is 0.346 e. The van der Waals surface area contributed by atoms with Crippen molar-refractivity contribution in [3.8, 4) is 5.75 Å². The standard InChI is InChI=1S/C24H38O4/c1-7-24(5,6)16-20(23(2,3)4)18-11-13-19(14-12-18)27-17-21(25)28-22-10-8-9-15-26-22/h11-14,20,22H,7-10,15-17H2,1-6H3. The summed E-state index contributed by atoms with van der Waals surface area (Å²) in [4.78, 5) is 12.0. The van der Waals surface area contributed by atoms with Crippen LogP contribution in [0.3, 0.4) is 0 Å². The molecule has 1 aliphatic rings. The van der Waals surface area contributed by atoms with Gasteiger partial charge in [-0.15, -0.1) is 0 Å². The van der Waals surface area contributed by atoms with Crippen LogP contribution in [0.1, 0.15) is 85.1 Å². The summed E-state index contributed by atoms with van der Waals surface area (Å²) in [6.07, 6.45) is 4.71. The zero-order valence-corrected chi connectivity index (χ0v) is 18.5. The van der Waals surface area contributed by atoms with Gasteiger partial charge in [-0.05, 0) is 53.7 Å². The second kappa shape index (κ2) is 9.78. The number of esters is 1. The molecule has 4 nitrogen and oxygen atoms in total. The van der Waals surface area contributed by atoms with Gasteiger partial charge >= 0.3 is 5.97 Å². The van der Waals surface area contributed by atoms with Gasteiger partial charge in [-0.3, -0.25) is 0 Å². The SMILES string of the molecule is CCC(C)(C)CC(c1ccc(OCC(=O)OC2CCCCO2)cc1)C(C)(C)C. The molecular weight excluding hydrogens is 352 g/mol. The molecule has 1 aromatic carbocycles. The fraction of sp³-hybridized carbons (Fsp3) is 0.708. The highest BCUT2D eigenvalue weighted by atomic mass is 16.7. The van der Waals surface area contributed by atoms with E-state index in [0.717, 1.165) is 32.1 Å². The highest BCUT2D eigenvalue weighted by molar-refractivity contribution is 5.71. The van der Waals surface area contributed by atoms with E-state index in [0.29, 0.717) is 23.7 Å². The molecule has 0 saturated carbocycles. The highest BCUT2D eigenvalue weighted by Crippen LogP contribution is 2.44. The average Bonchev–Trinajstić information content (AvgIpc) is 2.65. The molecule has 0 N–H and O–H groups in total. The third kappa shape index (κ3) is 7.12. The van der Waals surface area contributed by atoms with Crippen LogP contribution in [0.25, 0.3) is 0 Å². The van der Waals surface area contributed by atoms with Gasteiger partial charge in [-0.25, -0.2) is 4.79 Å². The number of hydrogen-bond acceptors (Lipinski definition) is 4. The molecule has 0 aliphatic carbocycles. The smallest absolute Gasteiger partial charge is 0.346 e. The van der Waals surface area contributed by atoms with Crippen LogP contribution in [0.4, 0.5) is 0 Å². The van der Waals surface area contributed by atoms with Crippen molar-refractivity contribution in [1.82, 2.24) is 0 Å². The van der Waals surface area contributed by atoms with E-state index in [4.69, 9.17) is 14.2 Å². The van der Waals surface area contributed by atoms with Crippen molar-refractivity contribution in [3.63, 3.8) is 0 Å². The lowest BCUT2D eigenvalue weighted by atomic mass is 9.68. The lowest BCUT2D eigenvalue weighted by Gasteiger charge is -2.37. The molecule has 2 atom stereocenters. The summed E-state index contributed by atoms with van der Waals surface area (Å²) in [7, 11) is 0. The molecule has 0 amide bonds. The second-order valence-electron chi connectivity index (χ2n) is 9.78. The van der Waals surface area contributed by atoms with E-state index in [2.05, 4.69) is 53.7 Å². The van der Waals surface area contributed by atoms with Gasteiger partial charge in [-0.1, -0.05) is 60.1 Å². The van der Waals surface area contributed by atoms with E-state index in [1.165, 1.54) is 5.56 Å². The Hall–Kier alpha value is -1.55. The number of benzene rings is 1. The van der Waals surface area contributed by atoms with Crippen LogP contribution in [0.2, 0.25) is 0 Å². The Kier molecular flexibility index (Phi) is 7.94. The third-order valence-corrected chi connectivity index (χ3v) is 5.80. The van der Waals surface area contributed by atoms with Gasteiger partial charge in [0.2, 0.25) is 6.29 Å². The summed E-state index contributed by atoms with van der Waals surface area (Å²) < 4.78 is 16.3. The Labute approximate surface area is 170 Å². The Morgan fingerprint density at radius 2 is 1.82 bits per heavy atom. The van der Waals surface area contributed by atoms with E-state index in [1.54, 1.807) is 0 Å². The minimum absolute atomic E-state index is 0.0925. The molecular formula is C24H38O4. The molecule has 1 fully saturated rings. The first-order valence-corrected chi connectivity index (χ1v) is 10.6. The molecule has 1 heterocycles. The zero-order valence-electron chi connectivity index (χ0n) is 18.5. The fourth-order valence-corrected chi connectivity index (χ4v) is 3.54. The van der Waals surface area contributed by atoms with Crippen molar-refractivity contribution >= 4 is 5.97 Å². The maximum absolute atomic E-state index is 12.0. The van der Waals surface area contributed by atoms with Crippen molar-refractivity contribution in [2.24, 2.45) is 10.8 Å². The van der Waals surface area contributed by atoms with Crippen LogP contribution >= 0.6 is 0 Å². The molecule has 1 aromatic rings. The predicted octanol–water partition coefficient (Wildman–Crippen LogP) is 6.09. The monoisotopic (exact) mass is 390 g/mol. The maximum atomic E-state index is 12.0. The number of carbonyl (C=O) groups is 1. The lowest BCUT2D eigenvalue weighted by Crippen LogP contribution is -2.28. The quantitative estimate of drug-likeness (QED) is 0.504. The van der Waals surface area contributed by atoms with Crippen molar-refractivity contribution in [2.75, 3.05) is 13.2 Å². The molecule has 1 saturated heterocycles. The molecule has 158 valence electrons. The van der Waals surface area contributed by atoms with Gasteiger partial charge in [0.15, 0.2) is 6.61 Å². The van der Waals surface area contributed by atoms with Crippen LogP contribution in [0.5, 0.6) is 5.75 Å². The van der Waals surface area contributed by atoms with Gasteiger partial charge in [0, 0.05) is 6.42 Å². The molecule has 0 radical (unpaired) electrons. The van der Waals surface area contributed by atoms with Crippen LogP contribution < -0.4 is 4.74 Å². The molecule has 0 aromatic heterocycles. The Morgan fingerprint density at radius 1 is 1.14 bits per heavy atom. The summed E-state index contributed by atoms with van der Waals surface area (Å²) in [6, 6.07) is 8.17. The molecule has 2 unspecified atom stereocenters. The van der Waals surface area contributed by atoms with Crippen LogP contribution in [0, 0.1) is 10.8 Å². The summed E-state index contributed by atoms with van der Waals surface area (Å²) in [5.41, 5.74) is 1.80. The summed E-state index contributed by atoms with van der Waals surface area (Å²) in [6.45, 7) is 14.4. The van der Waals surface area contributed by atoms with Crippen molar-refractivity contribution in [2.45, 2.75) is 85.9 Å². The molecule has 28 heavy (non-hydrogen) atoms. The molecule has 1 aliphatic heterocycles. The number of ether oxygens (including phenoxy) is 3. The Morgan fingerprint density at radius 3 is 2.36 bits per heavy atom. The minimum Gasteiger partial charge on any atom is -0.482 e. The molecule has 0 bridgehead atoms. The molecule has 0 spiro atoms. The zero-order chi connectivity index (χ0) is 20.8. The Balaban J connectivity index is 1.94. The highest BCUT2D eigenvalue weighted by Gasteiger charge is 2.31. The first kappa shape index (κ1) is 22.7. The van der Waals surface area contributed by atoms with E-state index in [9.17, 15) is 4.79 Å². The van der Waals surface area contributed by atoms with Gasteiger partial charge in [0.05, 0.1) is 6.61 Å². The van der Waals surface area contributed by atoms with Gasteiger partial charge in [0.25, 0.3) is 0 Å². The normalized spacial score (nSPS) is 19.1. The van der Waals surface area contributed by atoms with Gasteiger partial charge in [0.1, 0.15) is 5.75 Å². The van der Waals surface area contributed by atoms with E-state index >= 15 is 0 Å². The van der Waals surface area contributed by atoms with Crippen LogP contribution in [0.15, 0.2) is 24.3 Å². The van der Waals surface area contributed by atoms with Gasteiger partial charge in [-0.2, -0.15) is 0 Å². The summed E-state index contributed by atoms with van der Waals surface area (Å²) >= 11 is 0. The largest absolute Gasteiger partial charge is 0.482 e. The fourth-order valence-electron chi connectivity index (χ4n) is 3.54. The van der Waals surface area contributed by atoms with E-state index < -0.39 is 6.29 Å². The number of rotatable bonds is 8.